The highest BCUT2D eigenvalue weighted by Gasteiger charge is 2.11. The minimum absolute atomic E-state index is 0.0319. The van der Waals surface area contributed by atoms with Crippen molar-refractivity contribution in [3.05, 3.63) is 59.2 Å². The van der Waals surface area contributed by atoms with E-state index in [1.54, 1.807) is 31.3 Å². The van der Waals surface area contributed by atoms with Crippen LogP contribution in [0.15, 0.2) is 36.5 Å². The first-order valence-corrected chi connectivity index (χ1v) is 5.48. The lowest BCUT2D eigenvalue weighted by Crippen LogP contribution is -2.24. The summed E-state index contributed by atoms with van der Waals surface area (Å²) in [5.74, 6) is -0.982. The first-order chi connectivity index (χ1) is 8.66. The Morgan fingerprint density at radius 3 is 2.89 bits per heavy atom. The van der Waals surface area contributed by atoms with Crippen LogP contribution in [0, 0.1) is 12.7 Å². The lowest BCUT2D eigenvalue weighted by Gasteiger charge is -2.05. The van der Waals surface area contributed by atoms with Crippen LogP contribution in [0.3, 0.4) is 0 Å². The van der Waals surface area contributed by atoms with Crippen LogP contribution in [0.1, 0.15) is 21.6 Å². The Kier molecular flexibility index (Phi) is 3.62. The van der Waals surface area contributed by atoms with Gasteiger partial charge in [0.25, 0.3) is 5.91 Å². The van der Waals surface area contributed by atoms with E-state index in [2.05, 4.69) is 15.5 Å². The Bertz CT molecular complexity index is 557. The van der Waals surface area contributed by atoms with Crippen LogP contribution in [-0.2, 0) is 6.54 Å². The molecule has 2 rings (SSSR count). The molecular formula is C13H12FN3O. The van der Waals surface area contributed by atoms with Gasteiger partial charge in [0.05, 0.1) is 17.8 Å². The van der Waals surface area contributed by atoms with Gasteiger partial charge in [0.15, 0.2) is 0 Å². The summed E-state index contributed by atoms with van der Waals surface area (Å²) in [7, 11) is 0. The van der Waals surface area contributed by atoms with Crippen molar-refractivity contribution in [2.24, 2.45) is 0 Å². The summed E-state index contributed by atoms with van der Waals surface area (Å²) >= 11 is 0. The van der Waals surface area contributed by atoms with Gasteiger partial charge in [-0.05, 0) is 36.8 Å². The topological polar surface area (TPSA) is 54.9 Å². The third-order valence-electron chi connectivity index (χ3n) is 2.43. The van der Waals surface area contributed by atoms with Gasteiger partial charge in [-0.1, -0.05) is 6.07 Å². The third-order valence-corrected chi connectivity index (χ3v) is 2.43. The predicted molar refractivity (Wildman–Crippen MR) is 64.3 cm³/mol. The fraction of sp³-hybridized carbons (Fsp3) is 0.154. The SMILES string of the molecule is Cc1ccc(C(=O)NCc2cccnn2)c(F)c1. The molecule has 0 fully saturated rings. The number of rotatable bonds is 3. The molecule has 0 aliphatic heterocycles. The Balaban J connectivity index is 2.04. The fourth-order valence-electron chi connectivity index (χ4n) is 1.50. The molecule has 1 aromatic heterocycles. The Morgan fingerprint density at radius 2 is 2.22 bits per heavy atom. The molecule has 0 saturated carbocycles. The second-order valence-electron chi connectivity index (χ2n) is 3.88. The Hall–Kier alpha value is -2.30. The number of benzene rings is 1. The average molecular weight is 245 g/mol. The second-order valence-corrected chi connectivity index (χ2v) is 3.88. The number of halogens is 1. The van der Waals surface area contributed by atoms with E-state index in [1.165, 1.54) is 12.1 Å². The van der Waals surface area contributed by atoms with Crippen molar-refractivity contribution < 1.29 is 9.18 Å². The Labute approximate surface area is 104 Å². The first-order valence-electron chi connectivity index (χ1n) is 5.48. The standard InChI is InChI=1S/C13H12FN3O/c1-9-4-5-11(12(14)7-9)13(18)15-8-10-3-2-6-16-17-10/h2-7H,8H2,1H3,(H,15,18). The van der Waals surface area contributed by atoms with E-state index in [9.17, 15) is 9.18 Å². The maximum absolute atomic E-state index is 13.5. The van der Waals surface area contributed by atoms with Crippen molar-refractivity contribution in [2.75, 3.05) is 0 Å². The summed E-state index contributed by atoms with van der Waals surface area (Å²) in [6.45, 7) is 1.99. The molecule has 92 valence electrons. The third kappa shape index (κ3) is 2.88. The molecule has 0 aliphatic rings. The lowest BCUT2D eigenvalue weighted by molar-refractivity contribution is 0.0946. The maximum Gasteiger partial charge on any atom is 0.254 e. The number of carbonyl (C=O) groups is 1. The van der Waals surface area contributed by atoms with E-state index in [4.69, 9.17) is 0 Å². The Morgan fingerprint density at radius 1 is 1.39 bits per heavy atom. The number of aromatic nitrogens is 2. The van der Waals surface area contributed by atoms with E-state index in [0.717, 1.165) is 5.56 Å². The number of amides is 1. The molecule has 0 bridgehead atoms. The zero-order valence-corrected chi connectivity index (χ0v) is 9.85. The molecule has 2 aromatic rings. The first kappa shape index (κ1) is 12.2. The van der Waals surface area contributed by atoms with Gasteiger partial charge in [-0.25, -0.2) is 4.39 Å². The number of nitrogens with one attached hydrogen (secondary N) is 1. The van der Waals surface area contributed by atoms with Crippen LogP contribution in [-0.4, -0.2) is 16.1 Å². The van der Waals surface area contributed by atoms with E-state index < -0.39 is 11.7 Å². The van der Waals surface area contributed by atoms with Gasteiger partial charge in [0, 0.05) is 6.20 Å². The molecule has 0 spiro atoms. The highest BCUT2D eigenvalue weighted by molar-refractivity contribution is 5.94. The lowest BCUT2D eigenvalue weighted by atomic mass is 10.1. The second kappa shape index (κ2) is 5.35. The van der Waals surface area contributed by atoms with E-state index >= 15 is 0 Å². The molecule has 5 heteroatoms. The highest BCUT2D eigenvalue weighted by Crippen LogP contribution is 2.09. The highest BCUT2D eigenvalue weighted by atomic mass is 19.1. The number of carbonyl (C=O) groups excluding carboxylic acids is 1. The molecule has 0 radical (unpaired) electrons. The van der Waals surface area contributed by atoms with Gasteiger partial charge in [0.2, 0.25) is 0 Å². The van der Waals surface area contributed by atoms with Crippen LogP contribution in [0.25, 0.3) is 0 Å². The minimum Gasteiger partial charge on any atom is -0.346 e. The van der Waals surface area contributed by atoms with Crippen molar-refractivity contribution in [1.29, 1.82) is 0 Å². The van der Waals surface area contributed by atoms with Crippen molar-refractivity contribution in [3.63, 3.8) is 0 Å². The number of aryl methyl sites for hydroxylation is 1. The average Bonchev–Trinajstić information content (AvgIpc) is 2.37. The number of nitrogens with zero attached hydrogens (tertiary/aromatic N) is 2. The number of hydrogen-bond donors (Lipinski definition) is 1. The van der Waals surface area contributed by atoms with Gasteiger partial charge in [-0.2, -0.15) is 10.2 Å². The molecule has 1 N–H and O–H groups in total. The van der Waals surface area contributed by atoms with E-state index in [-0.39, 0.29) is 12.1 Å². The normalized spacial score (nSPS) is 10.1. The van der Waals surface area contributed by atoms with Crippen molar-refractivity contribution in [1.82, 2.24) is 15.5 Å². The van der Waals surface area contributed by atoms with Crippen LogP contribution >= 0.6 is 0 Å². The molecule has 18 heavy (non-hydrogen) atoms. The molecular weight excluding hydrogens is 233 g/mol. The molecule has 0 unspecified atom stereocenters. The quantitative estimate of drug-likeness (QED) is 0.897. The van der Waals surface area contributed by atoms with Gasteiger partial charge in [0.1, 0.15) is 5.82 Å². The summed E-state index contributed by atoms with van der Waals surface area (Å²) in [5.41, 5.74) is 1.43. The van der Waals surface area contributed by atoms with Crippen molar-refractivity contribution in [3.8, 4) is 0 Å². The predicted octanol–water partition coefficient (Wildman–Crippen LogP) is 1.85. The largest absolute Gasteiger partial charge is 0.346 e. The van der Waals surface area contributed by atoms with Crippen LogP contribution in [0.4, 0.5) is 4.39 Å². The summed E-state index contributed by atoms with van der Waals surface area (Å²) in [6.07, 6.45) is 1.55. The van der Waals surface area contributed by atoms with Gasteiger partial charge in [-0.15, -0.1) is 0 Å². The summed E-state index contributed by atoms with van der Waals surface area (Å²) in [5, 5.41) is 10.1. The van der Waals surface area contributed by atoms with Gasteiger partial charge >= 0.3 is 0 Å². The van der Waals surface area contributed by atoms with Crippen LogP contribution in [0.5, 0.6) is 0 Å². The molecule has 1 heterocycles. The summed E-state index contributed by atoms with van der Waals surface area (Å²) < 4.78 is 13.5. The smallest absolute Gasteiger partial charge is 0.254 e. The van der Waals surface area contributed by atoms with E-state index in [1.807, 2.05) is 0 Å². The molecule has 0 saturated heterocycles. The van der Waals surface area contributed by atoms with Crippen molar-refractivity contribution >= 4 is 5.91 Å². The van der Waals surface area contributed by atoms with Gasteiger partial charge in [-0.3, -0.25) is 4.79 Å². The molecule has 1 amide bonds. The minimum atomic E-state index is -0.522. The summed E-state index contributed by atoms with van der Waals surface area (Å²) in [6, 6.07) is 7.95. The van der Waals surface area contributed by atoms with Crippen LogP contribution in [0.2, 0.25) is 0 Å². The molecule has 1 aromatic carbocycles. The van der Waals surface area contributed by atoms with E-state index in [0.29, 0.717) is 5.69 Å². The van der Waals surface area contributed by atoms with Crippen molar-refractivity contribution in [2.45, 2.75) is 13.5 Å². The zero-order chi connectivity index (χ0) is 13.0. The monoisotopic (exact) mass is 245 g/mol. The van der Waals surface area contributed by atoms with Crippen LogP contribution < -0.4 is 5.32 Å². The molecule has 4 nitrogen and oxygen atoms in total. The number of hydrogen-bond acceptors (Lipinski definition) is 3. The molecule has 0 aliphatic carbocycles. The molecule has 0 atom stereocenters. The maximum atomic E-state index is 13.5. The summed E-state index contributed by atoms with van der Waals surface area (Å²) in [4.78, 5) is 11.8. The zero-order valence-electron chi connectivity index (χ0n) is 9.85. The fourth-order valence-corrected chi connectivity index (χ4v) is 1.50. The van der Waals surface area contributed by atoms with Gasteiger partial charge < -0.3 is 5.32 Å².